The summed E-state index contributed by atoms with van der Waals surface area (Å²) in [5, 5.41) is 9.58. The average Bonchev–Trinajstić information content (AvgIpc) is 3.21. The van der Waals surface area contributed by atoms with Crippen molar-refractivity contribution in [2.24, 2.45) is 0 Å². The van der Waals surface area contributed by atoms with E-state index in [1.54, 1.807) is 37.3 Å². The lowest BCUT2D eigenvalue weighted by Gasteiger charge is -2.16. The second-order valence-corrected chi connectivity index (χ2v) is 7.55. The summed E-state index contributed by atoms with van der Waals surface area (Å²) in [5.74, 6) is 0.517. The zero-order valence-electron chi connectivity index (χ0n) is 18.6. The normalized spacial score (nSPS) is 10.9. The number of anilines is 1. The van der Waals surface area contributed by atoms with Gasteiger partial charge in [-0.25, -0.2) is 9.36 Å². The van der Waals surface area contributed by atoms with Crippen LogP contribution in [-0.4, -0.2) is 39.5 Å². The third kappa shape index (κ3) is 4.10. The standard InChI is InChI=1S/C23H23N5O5/c1-13-5-7-15(8-6-13)28-22(30)16-10-18(32-3)19(33-4)11-17(16)27(23(28)31)12-21(29)24-20-9-14(2)25-26-20/h5-11H,12H2,1-4H3,(H2,24,25,26,29). The van der Waals surface area contributed by atoms with Gasteiger partial charge in [-0.05, 0) is 32.0 Å². The number of carbonyl (C=O) groups is 1. The molecule has 0 radical (unpaired) electrons. The Morgan fingerprint density at radius 1 is 1.03 bits per heavy atom. The molecule has 0 unspecified atom stereocenters. The number of aromatic nitrogens is 4. The maximum atomic E-state index is 13.5. The number of rotatable bonds is 6. The van der Waals surface area contributed by atoms with Gasteiger partial charge < -0.3 is 14.8 Å². The lowest BCUT2D eigenvalue weighted by Crippen LogP contribution is -2.40. The molecule has 0 spiro atoms. The highest BCUT2D eigenvalue weighted by atomic mass is 16.5. The number of carbonyl (C=O) groups excluding carboxylic acids is 1. The van der Waals surface area contributed by atoms with E-state index in [0.29, 0.717) is 23.0 Å². The Balaban J connectivity index is 1.93. The number of aromatic amines is 1. The van der Waals surface area contributed by atoms with Crippen LogP contribution in [0.5, 0.6) is 11.5 Å². The van der Waals surface area contributed by atoms with E-state index in [1.807, 2.05) is 6.92 Å². The van der Waals surface area contributed by atoms with Gasteiger partial charge in [0.15, 0.2) is 17.3 Å². The molecule has 10 heteroatoms. The average molecular weight is 449 g/mol. The molecular formula is C23H23N5O5. The molecule has 0 saturated heterocycles. The zero-order valence-corrected chi connectivity index (χ0v) is 18.6. The lowest BCUT2D eigenvalue weighted by atomic mass is 10.2. The topological polar surface area (TPSA) is 120 Å². The van der Waals surface area contributed by atoms with Crippen molar-refractivity contribution in [3.8, 4) is 17.2 Å². The van der Waals surface area contributed by atoms with Crippen LogP contribution in [0.2, 0.25) is 0 Å². The molecule has 2 aromatic carbocycles. The van der Waals surface area contributed by atoms with E-state index < -0.39 is 17.2 Å². The van der Waals surface area contributed by atoms with E-state index in [1.165, 1.54) is 30.9 Å². The first-order chi connectivity index (χ1) is 15.8. The summed E-state index contributed by atoms with van der Waals surface area (Å²) in [6, 6.07) is 11.7. The number of fused-ring (bicyclic) bond motifs is 1. The van der Waals surface area contributed by atoms with Crippen LogP contribution in [0.15, 0.2) is 52.1 Å². The molecule has 0 aliphatic rings. The first-order valence-electron chi connectivity index (χ1n) is 10.1. The van der Waals surface area contributed by atoms with E-state index in [2.05, 4.69) is 15.5 Å². The van der Waals surface area contributed by atoms with Crippen molar-refractivity contribution < 1.29 is 14.3 Å². The summed E-state index contributed by atoms with van der Waals surface area (Å²) in [6.07, 6.45) is 0. The van der Waals surface area contributed by atoms with E-state index in [9.17, 15) is 14.4 Å². The number of nitrogens with zero attached hydrogens (tertiary/aromatic N) is 3. The SMILES string of the molecule is COc1cc2c(=O)n(-c3ccc(C)cc3)c(=O)n(CC(=O)Nc3cc(C)[nH]n3)c2cc1OC. The van der Waals surface area contributed by atoms with Crippen molar-refractivity contribution in [1.82, 2.24) is 19.3 Å². The van der Waals surface area contributed by atoms with E-state index in [0.717, 1.165) is 15.8 Å². The highest BCUT2D eigenvalue weighted by Crippen LogP contribution is 2.30. The van der Waals surface area contributed by atoms with Crippen molar-refractivity contribution in [1.29, 1.82) is 0 Å². The van der Waals surface area contributed by atoms with Crippen LogP contribution in [0.3, 0.4) is 0 Å². The van der Waals surface area contributed by atoms with Crippen LogP contribution in [0.1, 0.15) is 11.3 Å². The fraction of sp³-hybridized carbons (Fsp3) is 0.217. The second-order valence-electron chi connectivity index (χ2n) is 7.55. The highest BCUT2D eigenvalue weighted by molar-refractivity contribution is 5.91. The Labute approximate surface area is 188 Å². The molecule has 10 nitrogen and oxygen atoms in total. The van der Waals surface area contributed by atoms with Crippen LogP contribution in [0, 0.1) is 13.8 Å². The Bertz CT molecular complexity index is 1460. The van der Waals surface area contributed by atoms with Gasteiger partial charge in [0, 0.05) is 17.8 Å². The number of hydrogen-bond acceptors (Lipinski definition) is 6. The highest BCUT2D eigenvalue weighted by Gasteiger charge is 2.20. The Morgan fingerprint density at radius 3 is 2.30 bits per heavy atom. The first-order valence-corrected chi connectivity index (χ1v) is 10.1. The van der Waals surface area contributed by atoms with Crippen molar-refractivity contribution in [3.63, 3.8) is 0 Å². The van der Waals surface area contributed by atoms with Gasteiger partial charge in [0.2, 0.25) is 5.91 Å². The fourth-order valence-corrected chi connectivity index (χ4v) is 3.58. The van der Waals surface area contributed by atoms with Gasteiger partial charge in [-0.1, -0.05) is 17.7 Å². The fourth-order valence-electron chi connectivity index (χ4n) is 3.58. The maximum Gasteiger partial charge on any atom is 0.336 e. The van der Waals surface area contributed by atoms with Gasteiger partial charge in [0.25, 0.3) is 5.56 Å². The van der Waals surface area contributed by atoms with Crippen LogP contribution in [0.25, 0.3) is 16.6 Å². The maximum absolute atomic E-state index is 13.5. The molecule has 2 aromatic heterocycles. The minimum Gasteiger partial charge on any atom is -0.493 e. The molecule has 0 saturated carbocycles. The summed E-state index contributed by atoms with van der Waals surface area (Å²) in [4.78, 5) is 39.6. The minimum absolute atomic E-state index is 0.205. The Hall–Kier alpha value is -4.34. The zero-order chi connectivity index (χ0) is 23.7. The van der Waals surface area contributed by atoms with Crippen molar-refractivity contribution in [3.05, 3.63) is 74.6 Å². The quantitative estimate of drug-likeness (QED) is 0.465. The summed E-state index contributed by atoms with van der Waals surface area (Å²) in [6.45, 7) is 3.37. The number of methoxy groups -OCH3 is 2. The number of hydrogen-bond donors (Lipinski definition) is 2. The molecular weight excluding hydrogens is 426 g/mol. The molecule has 0 aliphatic carbocycles. The summed E-state index contributed by atoms with van der Waals surface area (Å²) in [5.41, 5.74) is 1.21. The third-order valence-corrected chi connectivity index (χ3v) is 5.22. The smallest absolute Gasteiger partial charge is 0.336 e. The largest absolute Gasteiger partial charge is 0.493 e. The predicted octanol–water partition coefficient (Wildman–Crippen LogP) is 2.15. The van der Waals surface area contributed by atoms with Crippen molar-refractivity contribution >= 4 is 22.6 Å². The van der Waals surface area contributed by atoms with Gasteiger partial charge in [0.05, 0.1) is 30.8 Å². The van der Waals surface area contributed by atoms with Gasteiger partial charge in [-0.3, -0.25) is 19.3 Å². The summed E-state index contributed by atoms with van der Waals surface area (Å²) >= 11 is 0. The molecule has 4 aromatic rings. The van der Waals surface area contributed by atoms with Crippen molar-refractivity contribution in [2.75, 3.05) is 19.5 Å². The second kappa shape index (κ2) is 8.65. The molecule has 2 heterocycles. The van der Waals surface area contributed by atoms with Crippen LogP contribution in [0.4, 0.5) is 5.82 Å². The molecule has 4 rings (SSSR count). The minimum atomic E-state index is -0.656. The Kier molecular flexibility index (Phi) is 5.74. The molecule has 0 atom stereocenters. The molecule has 2 N–H and O–H groups in total. The molecule has 33 heavy (non-hydrogen) atoms. The number of nitrogens with one attached hydrogen (secondary N) is 2. The van der Waals surface area contributed by atoms with Crippen LogP contribution >= 0.6 is 0 Å². The van der Waals surface area contributed by atoms with Crippen LogP contribution in [-0.2, 0) is 11.3 Å². The summed E-state index contributed by atoms with van der Waals surface area (Å²) < 4.78 is 13.0. The number of H-pyrrole nitrogens is 1. The van der Waals surface area contributed by atoms with Gasteiger partial charge in [-0.15, -0.1) is 0 Å². The van der Waals surface area contributed by atoms with Crippen LogP contribution < -0.4 is 26.0 Å². The van der Waals surface area contributed by atoms with Gasteiger partial charge in [-0.2, -0.15) is 5.10 Å². The third-order valence-electron chi connectivity index (χ3n) is 5.22. The van der Waals surface area contributed by atoms with E-state index in [-0.39, 0.29) is 17.4 Å². The van der Waals surface area contributed by atoms with Crippen molar-refractivity contribution in [2.45, 2.75) is 20.4 Å². The van der Waals surface area contributed by atoms with Gasteiger partial charge >= 0.3 is 5.69 Å². The molecule has 0 fully saturated rings. The number of benzene rings is 2. The summed E-state index contributed by atoms with van der Waals surface area (Å²) in [7, 11) is 2.91. The number of aryl methyl sites for hydroxylation is 2. The monoisotopic (exact) mass is 449 g/mol. The lowest BCUT2D eigenvalue weighted by molar-refractivity contribution is -0.116. The number of amides is 1. The molecule has 0 aliphatic heterocycles. The van der Waals surface area contributed by atoms with E-state index in [4.69, 9.17) is 9.47 Å². The first kappa shape index (κ1) is 21.9. The molecule has 170 valence electrons. The molecule has 1 amide bonds. The van der Waals surface area contributed by atoms with E-state index >= 15 is 0 Å². The number of ether oxygens (including phenoxy) is 2. The molecule has 0 bridgehead atoms. The van der Waals surface area contributed by atoms with Gasteiger partial charge in [0.1, 0.15) is 6.54 Å². The predicted molar refractivity (Wildman–Crippen MR) is 124 cm³/mol. The Morgan fingerprint density at radius 2 is 1.70 bits per heavy atom.